The van der Waals surface area contributed by atoms with Crippen molar-refractivity contribution in [3.8, 4) is 0 Å². The fourth-order valence-electron chi connectivity index (χ4n) is 0.649. The topological polar surface area (TPSA) is 20.2 Å². The molecule has 0 radical (unpaired) electrons. The Morgan fingerprint density at radius 1 is 1.18 bits per heavy atom. The number of aliphatic hydroxyl groups excluding tert-OH is 1. The average Bonchev–Trinajstić information content (AvgIpc) is 1.83. The minimum absolute atomic E-state index is 0.397. The van der Waals surface area contributed by atoms with Crippen LogP contribution in [0.4, 0.5) is 0 Å². The van der Waals surface area contributed by atoms with Crippen LogP contribution in [0.25, 0.3) is 0 Å². The molecule has 0 fully saturated rings. The van der Waals surface area contributed by atoms with Crippen LogP contribution in [0.15, 0.2) is 23.9 Å². The van der Waals surface area contributed by atoms with Crippen molar-refractivity contribution in [2.45, 2.75) is 32.7 Å². The molecular formula is C9H18OSi. The Hall–Kier alpha value is -0.343. The van der Waals surface area contributed by atoms with Gasteiger partial charge in [0, 0.05) is 0 Å². The van der Waals surface area contributed by atoms with Gasteiger partial charge in [0.05, 0.1) is 14.2 Å². The van der Waals surface area contributed by atoms with Crippen LogP contribution in [0.2, 0.25) is 19.6 Å². The maximum absolute atomic E-state index is 9.26. The van der Waals surface area contributed by atoms with Gasteiger partial charge >= 0.3 is 0 Å². The molecule has 0 spiro atoms. The number of allylic oxidation sites excluding steroid dienone is 1. The summed E-state index contributed by atoms with van der Waals surface area (Å²) in [6.45, 7) is 8.63. The summed E-state index contributed by atoms with van der Waals surface area (Å²) >= 11 is 0. The van der Waals surface area contributed by atoms with Crippen molar-refractivity contribution in [2.24, 2.45) is 0 Å². The molecule has 1 unspecified atom stereocenters. The van der Waals surface area contributed by atoms with Gasteiger partial charge in [-0.3, -0.25) is 0 Å². The summed E-state index contributed by atoms with van der Waals surface area (Å²) in [7, 11) is -1.12. The second-order valence-corrected chi connectivity index (χ2v) is 8.81. The molecule has 0 aromatic carbocycles. The van der Waals surface area contributed by atoms with E-state index in [0.717, 1.165) is 0 Å². The van der Waals surface area contributed by atoms with Crippen LogP contribution in [-0.4, -0.2) is 19.3 Å². The zero-order chi connectivity index (χ0) is 8.91. The molecule has 1 N–H and O–H groups in total. The molecule has 0 bridgehead atoms. The monoisotopic (exact) mass is 170 g/mol. The second-order valence-electron chi connectivity index (χ2n) is 3.74. The molecule has 11 heavy (non-hydrogen) atoms. The first-order valence-corrected chi connectivity index (χ1v) is 7.53. The number of hydrogen-bond donors (Lipinski definition) is 1. The summed E-state index contributed by atoms with van der Waals surface area (Å²) in [5, 5.41) is 9.26. The van der Waals surface area contributed by atoms with Crippen LogP contribution in [0.1, 0.15) is 6.92 Å². The average molecular weight is 170 g/mol. The molecule has 0 aliphatic heterocycles. The van der Waals surface area contributed by atoms with E-state index < -0.39 is 14.2 Å². The minimum Gasteiger partial charge on any atom is -0.385 e. The van der Waals surface area contributed by atoms with Crippen LogP contribution in [0, 0.1) is 0 Å². The Bertz CT molecular complexity index is 153. The van der Waals surface area contributed by atoms with Gasteiger partial charge in [-0.1, -0.05) is 43.6 Å². The maximum atomic E-state index is 9.26. The van der Waals surface area contributed by atoms with Crippen LogP contribution in [-0.2, 0) is 0 Å². The van der Waals surface area contributed by atoms with Crippen molar-refractivity contribution >= 4 is 8.07 Å². The van der Waals surface area contributed by atoms with E-state index in [1.165, 1.54) is 0 Å². The zero-order valence-electron chi connectivity index (χ0n) is 7.83. The lowest BCUT2D eigenvalue weighted by molar-refractivity contribution is 0.271. The van der Waals surface area contributed by atoms with E-state index >= 15 is 0 Å². The molecule has 0 heterocycles. The predicted octanol–water partition coefficient (Wildman–Crippen LogP) is 2.36. The third-order valence-electron chi connectivity index (χ3n) is 1.18. The molecule has 0 saturated carbocycles. The highest BCUT2D eigenvalue weighted by molar-refractivity contribution is 6.80. The number of aliphatic hydroxyl groups is 1. The van der Waals surface area contributed by atoms with E-state index in [1.54, 1.807) is 6.08 Å². The molecule has 0 saturated heterocycles. The van der Waals surface area contributed by atoms with Crippen molar-refractivity contribution in [1.29, 1.82) is 0 Å². The molecule has 0 aromatic rings. The first-order chi connectivity index (χ1) is 4.95. The van der Waals surface area contributed by atoms with E-state index in [1.807, 2.05) is 19.1 Å². The third-order valence-corrected chi connectivity index (χ3v) is 2.38. The van der Waals surface area contributed by atoms with E-state index in [9.17, 15) is 5.11 Å². The predicted molar refractivity (Wildman–Crippen MR) is 53.3 cm³/mol. The SMILES string of the molecule is C/C=C/C(O)/C=C/[Si](C)(C)C. The van der Waals surface area contributed by atoms with Crippen molar-refractivity contribution < 1.29 is 5.11 Å². The lowest BCUT2D eigenvalue weighted by Gasteiger charge is -2.08. The van der Waals surface area contributed by atoms with Gasteiger partial charge in [-0.2, -0.15) is 0 Å². The molecule has 2 heteroatoms. The van der Waals surface area contributed by atoms with Gasteiger partial charge in [0.15, 0.2) is 0 Å². The van der Waals surface area contributed by atoms with Gasteiger partial charge in [0.25, 0.3) is 0 Å². The molecule has 0 aromatic heterocycles. The van der Waals surface area contributed by atoms with Gasteiger partial charge in [0.2, 0.25) is 0 Å². The zero-order valence-corrected chi connectivity index (χ0v) is 8.83. The molecule has 0 aliphatic rings. The Morgan fingerprint density at radius 3 is 2.09 bits per heavy atom. The van der Waals surface area contributed by atoms with Crippen molar-refractivity contribution in [2.75, 3.05) is 0 Å². The van der Waals surface area contributed by atoms with E-state index in [0.29, 0.717) is 0 Å². The Morgan fingerprint density at radius 2 is 1.73 bits per heavy atom. The van der Waals surface area contributed by atoms with Gasteiger partial charge in [-0.15, -0.1) is 0 Å². The van der Waals surface area contributed by atoms with Crippen LogP contribution in [0.5, 0.6) is 0 Å². The summed E-state index contributed by atoms with van der Waals surface area (Å²) in [6.07, 6.45) is 5.11. The molecule has 0 amide bonds. The maximum Gasteiger partial charge on any atom is 0.0898 e. The quantitative estimate of drug-likeness (QED) is 0.509. The Labute approximate surface area is 70.5 Å². The molecule has 1 nitrogen and oxygen atoms in total. The lowest BCUT2D eigenvalue weighted by atomic mass is 10.3. The third kappa shape index (κ3) is 7.55. The van der Waals surface area contributed by atoms with Crippen molar-refractivity contribution in [3.05, 3.63) is 23.9 Å². The molecule has 64 valence electrons. The molecule has 0 aliphatic carbocycles. The number of rotatable bonds is 3. The first-order valence-electron chi connectivity index (χ1n) is 3.96. The van der Waals surface area contributed by atoms with Crippen molar-refractivity contribution in [3.63, 3.8) is 0 Å². The highest BCUT2D eigenvalue weighted by Gasteiger charge is 2.07. The fraction of sp³-hybridized carbons (Fsp3) is 0.556. The summed E-state index contributed by atoms with van der Waals surface area (Å²) in [5.41, 5.74) is 2.15. The van der Waals surface area contributed by atoms with Gasteiger partial charge < -0.3 is 5.11 Å². The van der Waals surface area contributed by atoms with E-state index in [2.05, 4.69) is 25.3 Å². The second kappa shape index (κ2) is 4.52. The van der Waals surface area contributed by atoms with Gasteiger partial charge in [-0.05, 0) is 6.92 Å². The first kappa shape index (κ1) is 10.7. The largest absolute Gasteiger partial charge is 0.385 e. The number of hydrogen-bond acceptors (Lipinski definition) is 1. The smallest absolute Gasteiger partial charge is 0.0898 e. The van der Waals surface area contributed by atoms with Gasteiger partial charge in [0.1, 0.15) is 0 Å². The highest BCUT2D eigenvalue weighted by Crippen LogP contribution is 2.03. The normalized spacial score (nSPS) is 16.5. The summed E-state index contributed by atoms with van der Waals surface area (Å²) in [6, 6.07) is 0. The molecular weight excluding hydrogens is 152 g/mol. The van der Waals surface area contributed by atoms with Crippen LogP contribution < -0.4 is 0 Å². The highest BCUT2D eigenvalue weighted by atomic mass is 28.3. The summed E-state index contributed by atoms with van der Waals surface area (Å²) in [5.74, 6) is 0. The van der Waals surface area contributed by atoms with E-state index in [-0.39, 0.29) is 0 Å². The Kier molecular flexibility index (Phi) is 4.38. The van der Waals surface area contributed by atoms with Crippen LogP contribution >= 0.6 is 0 Å². The molecule has 0 rings (SSSR count). The van der Waals surface area contributed by atoms with Crippen LogP contribution in [0.3, 0.4) is 0 Å². The molecule has 1 atom stereocenters. The minimum atomic E-state index is -1.12. The summed E-state index contributed by atoms with van der Waals surface area (Å²) < 4.78 is 0. The van der Waals surface area contributed by atoms with Gasteiger partial charge in [-0.25, -0.2) is 0 Å². The standard InChI is InChI=1S/C9H18OSi/c1-5-6-9(10)7-8-11(2,3)4/h5-10H,1-4H3/b6-5+,8-7+. The van der Waals surface area contributed by atoms with Crippen molar-refractivity contribution in [1.82, 2.24) is 0 Å². The van der Waals surface area contributed by atoms with E-state index in [4.69, 9.17) is 0 Å². The fourth-order valence-corrected chi connectivity index (χ4v) is 1.42. The summed E-state index contributed by atoms with van der Waals surface area (Å²) in [4.78, 5) is 0. The lowest BCUT2D eigenvalue weighted by Crippen LogP contribution is -2.16. The Balaban J connectivity index is 3.93.